The summed E-state index contributed by atoms with van der Waals surface area (Å²) in [6, 6.07) is 33.0. The number of aromatic nitrogens is 2. The van der Waals surface area contributed by atoms with Crippen molar-refractivity contribution in [1.82, 2.24) is 9.55 Å². The van der Waals surface area contributed by atoms with Gasteiger partial charge in [-0.3, -0.25) is 28.6 Å². The number of nitro benzene ring substituents is 1. The predicted octanol–water partition coefficient (Wildman–Crippen LogP) is 4.82. The van der Waals surface area contributed by atoms with E-state index in [1.807, 2.05) is 91.0 Å². The zero-order valence-corrected chi connectivity index (χ0v) is 26.5. The van der Waals surface area contributed by atoms with Crippen LogP contribution in [0, 0.1) is 17.0 Å². The van der Waals surface area contributed by atoms with Crippen LogP contribution in [0.25, 0.3) is 0 Å². The molecular weight excluding hydrogens is 638 g/mol. The van der Waals surface area contributed by atoms with Crippen LogP contribution in [0.1, 0.15) is 34.9 Å². The van der Waals surface area contributed by atoms with E-state index in [0.29, 0.717) is 0 Å². The van der Waals surface area contributed by atoms with Gasteiger partial charge in [0.1, 0.15) is 24.0 Å². The average Bonchev–Trinajstić information content (AvgIpc) is 3.49. The molecule has 1 fully saturated rings. The maximum Gasteiger partial charge on any atom is 0.330 e. The first-order valence-corrected chi connectivity index (χ1v) is 16.4. The standard InChI is InChI=1S/C35H31N3O9S/c1-24-22-37(34(40)36-33(24)39)32-21-30(47-48(43,44)29-19-17-28(18-20-29)38(41)42)31(46-32)23-45-35(25-11-5-2-6-12-25,26-13-7-3-8-14-26)27-15-9-4-10-16-27/h2-20,22,30-32H,21,23H2,1H3,(H,36,39,40)/t30-,31-,32-/m1/s1. The van der Waals surface area contributed by atoms with Crippen LogP contribution in [0.5, 0.6) is 0 Å². The lowest BCUT2D eigenvalue weighted by Crippen LogP contribution is -2.39. The molecule has 0 radical (unpaired) electrons. The van der Waals surface area contributed by atoms with Crippen LogP contribution in [0.3, 0.4) is 0 Å². The number of hydrogen-bond acceptors (Lipinski definition) is 9. The lowest BCUT2D eigenvalue weighted by atomic mass is 9.80. The van der Waals surface area contributed by atoms with Crippen molar-refractivity contribution in [2.45, 2.75) is 42.3 Å². The average molecular weight is 670 g/mol. The molecular formula is C35H31N3O9S. The van der Waals surface area contributed by atoms with Crippen LogP contribution in [0.15, 0.2) is 136 Å². The molecule has 3 atom stereocenters. The number of benzene rings is 4. The number of nitrogens with zero attached hydrogens (tertiary/aromatic N) is 2. The van der Waals surface area contributed by atoms with Gasteiger partial charge < -0.3 is 9.47 Å². The summed E-state index contributed by atoms with van der Waals surface area (Å²) >= 11 is 0. The van der Waals surface area contributed by atoms with Crippen molar-refractivity contribution in [3.8, 4) is 0 Å². The third-order valence-electron chi connectivity index (χ3n) is 8.23. The van der Waals surface area contributed by atoms with E-state index < -0.39 is 50.3 Å². The molecule has 246 valence electrons. The number of ether oxygens (including phenoxy) is 2. The Bertz CT molecular complexity index is 2020. The number of nitrogens with one attached hydrogen (secondary N) is 1. The van der Waals surface area contributed by atoms with Crippen molar-refractivity contribution in [1.29, 1.82) is 0 Å². The summed E-state index contributed by atoms with van der Waals surface area (Å²) in [5.41, 5.74) is -0.0663. The number of aromatic amines is 1. The summed E-state index contributed by atoms with van der Waals surface area (Å²) in [7, 11) is -4.46. The first-order chi connectivity index (χ1) is 23.1. The minimum absolute atomic E-state index is 0.0966. The number of non-ortho nitro benzene ring substituents is 1. The zero-order valence-electron chi connectivity index (χ0n) is 25.7. The third kappa shape index (κ3) is 6.49. The van der Waals surface area contributed by atoms with Gasteiger partial charge in [0.2, 0.25) is 0 Å². The Morgan fingerprint density at radius 3 is 1.90 bits per heavy atom. The van der Waals surface area contributed by atoms with Crippen LogP contribution in [-0.4, -0.2) is 41.7 Å². The normalized spacial score (nSPS) is 18.1. The molecule has 13 heteroatoms. The van der Waals surface area contributed by atoms with Crippen molar-refractivity contribution < 1.29 is 27.0 Å². The first kappa shape index (κ1) is 32.7. The maximum atomic E-state index is 13.5. The summed E-state index contributed by atoms with van der Waals surface area (Å²) < 4.78 is 47.1. The molecule has 1 N–H and O–H groups in total. The highest BCUT2D eigenvalue weighted by Gasteiger charge is 2.44. The van der Waals surface area contributed by atoms with E-state index in [0.717, 1.165) is 41.0 Å². The molecule has 12 nitrogen and oxygen atoms in total. The Balaban J connectivity index is 1.40. The van der Waals surface area contributed by atoms with E-state index in [2.05, 4.69) is 4.98 Å². The van der Waals surface area contributed by atoms with E-state index in [9.17, 15) is 28.1 Å². The zero-order chi connectivity index (χ0) is 33.9. The highest BCUT2D eigenvalue weighted by atomic mass is 32.2. The molecule has 2 heterocycles. The maximum absolute atomic E-state index is 13.5. The summed E-state index contributed by atoms with van der Waals surface area (Å²) in [6.07, 6.45) is -1.95. The van der Waals surface area contributed by atoms with Gasteiger partial charge in [-0.1, -0.05) is 91.0 Å². The van der Waals surface area contributed by atoms with E-state index in [1.165, 1.54) is 17.7 Å². The Morgan fingerprint density at radius 2 is 1.40 bits per heavy atom. The number of rotatable bonds is 11. The van der Waals surface area contributed by atoms with Gasteiger partial charge in [-0.15, -0.1) is 0 Å². The van der Waals surface area contributed by atoms with Gasteiger partial charge in [0.25, 0.3) is 21.4 Å². The second-order valence-electron chi connectivity index (χ2n) is 11.3. The molecule has 1 saturated heterocycles. The first-order valence-electron chi connectivity index (χ1n) is 15.0. The smallest absolute Gasteiger partial charge is 0.330 e. The number of nitro groups is 1. The van der Waals surface area contributed by atoms with Gasteiger partial charge in [0.05, 0.1) is 16.4 Å². The van der Waals surface area contributed by atoms with E-state index in [1.54, 1.807) is 0 Å². The topological polar surface area (TPSA) is 160 Å². The van der Waals surface area contributed by atoms with Gasteiger partial charge in [-0.05, 0) is 35.7 Å². The van der Waals surface area contributed by atoms with Gasteiger partial charge >= 0.3 is 5.69 Å². The highest BCUT2D eigenvalue weighted by molar-refractivity contribution is 7.86. The number of H-pyrrole nitrogens is 1. The van der Waals surface area contributed by atoms with Gasteiger partial charge in [-0.2, -0.15) is 8.42 Å². The molecule has 5 aromatic rings. The van der Waals surface area contributed by atoms with E-state index in [4.69, 9.17) is 13.7 Å². The molecule has 1 aliphatic heterocycles. The van der Waals surface area contributed by atoms with E-state index in [-0.39, 0.29) is 29.2 Å². The van der Waals surface area contributed by atoms with Crippen molar-refractivity contribution in [3.05, 3.63) is 175 Å². The minimum Gasteiger partial charge on any atom is -0.358 e. The Morgan fingerprint density at radius 1 is 0.875 bits per heavy atom. The number of hydrogen-bond donors (Lipinski definition) is 1. The molecule has 48 heavy (non-hydrogen) atoms. The highest BCUT2D eigenvalue weighted by Crippen LogP contribution is 2.42. The summed E-state index contributed by atoms with van der Waals surface area (Å²) in [5.74, 6) is 0. The van der Waals surface area contributed by atoms with Crippen LogP contribution in [0.4, 0.5) is 5.69 Å². The van der Waals surface area contributed by atoms with Crippen molar-refractivity contribution in [2.24, 2.45) is 0 Å². The molecule has 0 amide bonds. The monoisotopic (exact) mass is 669 g/mol. The molecule has 1 aliphatic rings. The Kier molecular flexibility index (Phi) is 9.20. The van der Waals surface area contributed by atoms with Crippen LogP contribution < -0.4 is 11.2 Å². The lowest BCUT2D eigenvalue weighted by molar-refractivity contribution is -0.384. The molecule has 0 aliphatic carbocycles. The number of aryl methyl sites for hydroxylation is 1. The molecule has 0 saturated carbocycles. The van der Waals surface area contributed by atoms with Crippen molar-refractivity contribution >= 4 is 15.8 Å². The fourth-order valence-corrected chi connectivity index (χ4v) is 6.96. The molecule has 0 spiro atoms. The summed E-state index contributed by atoms with van der Waals surface area (Å²) in [5, 5.41) is 11.1. The quantitative estimate of drug-likeness (QED) is 0.0900. The molecule has 6 rings (SSSR count). The third-order valence-corrected chi connectivity index (χ3v) is 9.58. The fourth-order valence-electron chi connectivity index (χ4n) is 5.85. The minimum atomic E-state index is -4.46. The largest absolute Gasteiger partial charge is 0.358 e. The van der Waals surface area contributed by atoms with Gasteiger partial charge in [-0.25, -0.2) is 4.79 Å². The van der Waals surface area contributed by atoms with Crippen LogP contribution in [0.2, 0.25) is 0 Å². The summed E-state index contributed by atoms with van der Waals surface area (Å²) in [4.78, 5) is 37.4. The van der Waals surface area contributed by atoms with Crippen LogP contribution in [-0.2, 0) is 29.4 Å². The second kappa shape index (κ2) is 13.5. The molecule has 0 bridgehead atoms. The van der Waals surface area contributed by atoms with Crippen molar-refractivity contribution in [2.75, 3.05) is 6.61 Å². The molecule has 4 aromatic carbocycles. The van der Waals surface area contributed by atoms with Gasteiger partial charge in [0, 0.05) is 30.3 Å². The summed E-state index contributed by atoms with van der Waals surface area (Å²) in [6.45, 7) is 1.35. The van der Waals surface area contributed by atoms with Crippen molar-refractivity contribution in [3.63, 3.8) is 0 Å². The van der Waals surface area contributed by atoms with Gasteiger partial charge in [0.15, 0.2) is 0 Å². The van der Waals surface area contributed by atoms with Crippen LogP contribution >= 0.6 is 0 Å². The lowest BCUT2D eigenvalue weighted by Gasteiger charge is -2.37. The molecule has 1 aromatic heterocycles. The predicted molar refractivity (Wildman–Crippen MR) is 175 cm³/mol. The van der Waals surface area contributed by atoms with E-state index >= 15 is 0 Å². The Hall–Kier alpha value is -5.21. The Labute approximate surface area is 275 Å². The SMILES string of the molecule is Cc1cn([C@H]2C[C@@H](OS(=O)(=O)c3ccc([N+](=O)[O-])cc3)[C@@H](COC(c3ccccc3)(c3ccccc3)c3ccccc3)O2)c(=O)[nH]c1=O. The fraction of sp³-hybridized carbons (Fsp3) is 0.200. The second-order valence-corrected chi connectivity index (χ2v) is 12.8. The molecule has 0 unspecified atom stereocenters.